The van der Waals surface area contributed by atoms with Crippen molar-refractivity contribution in [3.05, 3.63) is 137 Å². The van der Waals surface area contributed by atoms with Crippen LogP contribution in [0.1, 0.15) is 45.7 Å². The van der Waals surface area contributed by atoms with E-state index < -0.39 is 47.3 Å². The Bertz CT molecular complexity index is 2530. The molecule has 0 spiro atoms. The molecule has 0 aromatic heterocycles. The van der Waals surface area contributed by atoms with Gasteiger partial charge in [-0.25, -0.2) is 0 Å². The first kappa shape index (κ1) is 47.3. The van der Waals surface area contributed by atoms with Crippen molar-refractivity contribution < 1.29 is 28.8 Å². The molecule has 0 aliphatic heterocycles. The molecule has 5 aromatic carbocycles. The maximum absolute atomic E-state index is 13.4. The largest absolute Gasteiger partial charge is 0.324 e. The zero-order valence-corrected chi connectivity index (χ0v) is 37.3. The van der Waals surface area contributed by atoms with Gasteiger partial charge in [0.1, 0.15) is 0 Å². The highest BCUT2D eigenvalue weighted by atomic mass is 35.5. The molecule has 0 fully saturated rings. The third kappa shape index (κ3) is 12.7. The number of Topliss-reactive ketones (excluding diaryl/α,β-unsaturated/α-hetero) is 2. The fraction of sp³-hybridized carbons (Fsp3) is 0.143. The smallest absolute Gasteiger partial charge is 0.258 e. The van der Waals surface area contributed by atoms with Crippen molar-refractivity contribution in [3.8, 4) is 0 Å². The molecule has 0 aliphatic carbocycles. The van der Waals surface area contributed by atoms with E-state index in [1.54, 1.807) is 38.1 Å². The van der Waals surface area contributed by atoms with Crippen LogP contribution in [0.3, 0.4) is 0 Å². The van der Waals surface area contributed by atoms with Gasteiger partial charge in [-0.15, -0.1) is 0 Å². The molecule has 62 heavy (non-hydrogen) atoms. The van der Waals surface area contributed by atoms with E-state index in [1.165, 1.54) is 60.7 Å². The molecule has 20 heteroatoms. The average Bonchev–Trinajstić information content (AvgIpc) is 3.19. The molecule has 4 amide bonds. The van der Waals surface area contributed by atoms with Gasteiger partial charge in [-0.2, -0.15) is 20.5 Å². The van der Waals surface area contributed by atoms with Gasteiger partial charge < -0.3 is 21.3 Å². The number of halogens is 6. The van der Waals surface area contributed by atoms with Crippen LogP contribution in [0.2, 0.25) is 30.1 Å². The van der Waals surface area contributed by atoms with Crippen molar-refractivity contribution in [3.63, 3.8) is 0 Å². The van der Waals surface area contributed by atoms with Gasteiger partial charge in [0, 0.05) is 42.6 Å². The summed E-state index contributed by atoms with van der Waals surface area (Å²) >= 11 is 36.9. The monoisotopic (exact) mass is 954 g/mol. The maximum Gasteiger partial charge on any atom is 0.258 e. The molecule has 318 valence electrons. The number of azo groups is 2. The van der Waals surface area contributed by atoms with E-state index >= 15 is 0 Å². The minimum Gasteiger partial charge on any atom is -0.324 e. The van der Waals surface area contributed by atoms with Crippen LogP contribution in [0, 0.1) is 13.8 Å². The number of rotatable bonds is 14. The van der Waals surface area contributed by atoms with E-state index in [0.717, 1.165) is 13.8 Å². The number of nitrogens with zero attached hydrogens (tertiary/aromatic N) is 4. The topological polar surface area (TPSA) is 200 Å². The van der Waals surface area contributed by atoms with Gasteiger partial charge in [0.25, 0.3) is 23.6 Å². The SMILES string of the molecule is CC(=O)C(N=Nc1cc(Cl)cc(C(=O)Nc2cc(Cl)ccc2Cl)c1)C(=O)Nc1cc(C)c(NC(=O)C(N=Nc2cc(Cl)cc(C(=O)Nc3cc(Cl)ccc3Cl)c2)C(C)=O)cc1C. The Labute approximate surface area is 384 Å². The number of ketones is 2. The Morgan fingerprint density at radius 1 is 0.452 bits per heavy atom. The van der Waals surface area contributed by atoms with E-state index in [2.05, 4.69) is 41.7 Å². The molecule has 0 saturated heterocycles. The second-order valence-electron chi connectivity index (χ2n) is 13.5. The normalized spacial score (nSPS) is 12.2. The molecule has 0 saturated carbocycles. The lowest BCUT2D eigenvalue weighted by Crippen LogP contribution is -2.32. The van der Waals surface area contributed by atoms with Gasteiger partial charge in [-0.05, 0) is 124 Å². The highest BCUT2D eigenvalue weighted by molar-refractivity contribution is 6.37. The van der Waals surface area contributed by atoms with Crippen LogP contribution < -0.4 is 21.3 Å². The molecule has 0 bridgehead atoms. The molecule has 0 aliphatic rings. The number of amides is 4. The first-order valence-electron chi connectivity index (χ1n) is 18.0. The molecule has 5 rings (SSSR count). The predicted octanol–water partition coefficient (Wildman–Crippen LogP) is 12.1. The first-order valence-corrected chi connectivity index (χ1v) is 20.2. The molecule has 2 atom stereocenters. The highest BCUT2D eigenvalue weighted by Gasteiger charge is 2.26. The fourth-order valence-electron chi connectivity index (χ4n) is 5.47. The summed E-state index contributed by atoms with van der Waals surface area (Å²) in [5, 5.41) is 28.0. The van der Waals surface area contributed by atoms with Gasteiger partial charge in [0.2, 0.25) is 12.1 Å². The fourth-order valence-corrected chi connectivity index (χ4v) is 6.61. The lowest BCUT2D eigenvalue weighted by atomic mass is 10.1. The molecular formula is C42H32Cl6N8O6. The third-order valence-corrected chi connectivity index (χ3v) is 10.1. The summed E-state index contributed by atoms with van der Waals surface area (Å²) in [5.41, 5.74) is 2.36. The van der Waals surface area contributed by atoms with Crippen molar-refractivity contribution in [1.82, 2.24) is 0 Å². The van der Waals surface area contributed by atoms with Crippen molar-refractivity contribution >= 4 is 139 Å². The van der Waals surface area contributed by atoms with Crippen LogP contribution in [0.5, 0.6) is 0 Å². The molecule has 2 unspecified atom stereocenters. The minimum absolute atomic E-state index is 0.0785. The third-order valence-electron chi connectivity index (χ3n) is 8.57. The van der Waals surface area contributed by atoms with Crippen molar-refractivity contribution in [2.75, 3.05) is 21.3 Å². The van der Waals surface area contributed by atoms with E-state index in [-0.39, 0.29) is 65.3 Å². The van der Waals surface area contributed by atoms with Gasteiger partial charge >= 0.3 is 0 Å². The molecule has 0 radical (unpaired) electrons. The van der Waals surface area contributed by atoms with Crippen LogP contribution in [0.4, 0.5) is 34.1 Å². The minimum atomic E-state index is -1.59. The molecule has 4 N–H and O–H groups in total. The Morgan fingerprint density at radius 2 is 0.823 bits per heavy atom. The second-order valence-corrected chi connectivity index (χ2v) is 16.0. The number of hydrogen-bond donors (Lipinski definition) is 4. The predicted molar refractivity (Wildman–Crippen MR) is 243 cm³/mol. The van der Waals surface area contributed by atoms with Crippen LogP contribution >= 0.6 is 69.6 Å². The number of carbonyl (C=O) groups is 6. The van der Waals surface area contributed by atoms with Crippen LogP contribution in [0.25, 0.3) is 0 Å². The summed E-state index contributed by atoms with van der Waals surface area (Å²) in [7, 11) is 0. The lowest BCUT2D eigenvalue weighted by molar-refractivity contribution is -0.127. The van der Waals surface area contributed by atoms with Crippen molar-refractivity contribution in [2.24, 2.45) is 20.5 Å². The highest BCUT2D eigenvalue weighted by Crippen LogP contribution is 2.31. The number of anilines is 4. The number of carbonyl (C=O) groups excluding carboxylic acids is 6. The Kier molecular flexibility index (Phi) is 15.9. The van der Waals surface area contributed by atoms with Gasteiger partial charge in [0.15, 0.2) is 11.6 Å². The van der Waals surface area contributed by atoms with Gasteiger partial charge in [0.05, 0.1) is 32.8 Å². The second kappa shape index (κ2) is 20.9. The Balaban J connectivity index is 1.27. The van der Waals surface area contributed by atoms with E-state index in [0.29, 0.717) is 21.2 Å². The summed E-state index contributed by atoms with van der Waals surface area (Å²) in [6.07, 6.45) is 0. The zero-order chi connectivity index (χ0) is 45.4. The van der Waals surface area contributed by atoms with Gasteiger partial charge in [-0.3, -0.25) is 28.8 Å². The summed E-state index contributed by atoms with van der Waals surface area (Å²) in [6, 6.07) is 17.3. The van der Waals surface area contributed by atoms with E-state index in [9.17, 15) is 28.8 Å². The average molecular weight is 957 g/mol. The van der Waals surface area contributed by atoms with Crippen LogP contribution in [0.15, 0.2) is 105 Å². The quantitative estimate of drug-likeness (QED) is 0.0630. The summed E-state index contributed by atoms with van der Waals surface area (Å²) in [6.45, 7) is 5.60. The van der Waals surface area contributed by atoms with Crippen LogP contribution in [-0.4, -0.2) is 47.3 Å². The van der Waals surface area contributed by atoms with Crippen molar-refractivity contribution in [2.45, 2.75) is 39.8 Å². The molecule has 5 aromatic rings. The lowest BCUT2D eigenvalue weighted by Gasteiger charge is -2.16. The molecule has 0 heterocycles. The summed E-state index contributed by atoms with van der Waals surface area (Å²) < 4.78 is 0. The number of hydrogen-bond acceptors (Lipinski definition) is 10. The standard InChI is InChI=1S/C42H32Cl6N8O6/c1-19-9-34(50-42(62)38(22(4)58)56-54-30-14-24(12-28(46)16-30)40(60)52-36-18-26(44)6-8-32(36)48)20(2)10-33(19)49-41(61)37(21(3)57)55-53-29-13-23(11-27(45)15-29)39(59)51-35-17-25(43)5-7-31(35)47/h5-18,37-38H,1-4H3,(H,49,61)(H,50,62)(H,51,59)(H,52,60). The zero-order valence-electron chi connectivity index (χ0n) is 32.7. The van der Waals surface area contributed by atoms with E-state index in [4.69, 9.17) is 69.6 Å². The van der Waals surface area contributed by atoms with E-state index in [1.807, 2.05) is 0 Å². The number of benzene rings is 5. The first-order chi connectivity index (χ1) is 29.3. The number of nitrogens with one attached hydrogen (secondary N) is 4. The maximum atomic E-state index is 13.4. The Morgan fingerprint density at radius 3 is 1.18 bits per heavy atom. The number of aryl methyl sites for hydroxylation is 2. The molecule has 14 nitrogen and oxygen atoms in total. The Hall–Kier alpha value is -5.74. The van der Waals surface area contributed by atoms with Crippen molar-refractivity contribution in [1.29, 1.82) is 0 Å². The van der Waals surface area contributed by atoms with Crippen LogP contribution in [-0.2, 0) is 19.2 Å². The molecular weight excluding hydrogens is 925 g/mol. The van der Waals surface area contributed by atoms with Gasteiger partial charge in [-0.1, -0.05) is 69.6 Å². The summed E-state index contributed by atoms with van der Waals surface area (Å²) in [4.78, 5) is 77.9. The summed E-state index contributed by atoms with van der Waals surface area (Å²) in [5.74, 6) is -4.07.